The van der Waals surface area contributed by atoms with E-state index in [2.05, 4.69) is 15.5 Å². The van der Waals surface area contributed by atoms with E-state index in [0.29, 0.717) is 42.8 Å². The second-order valence-corrected chi connectivity index (χ2v) is 9.75. The average molecular weight is 482 g/mol. The van der Waals surface area contributed by atoms with Crippen LogP contribution in [0.15, 0.2) is 71.3 Å². The van der Waals surface area contributed by atoms with Gasteiger partial charge in [0.15, 0.2) is 5.76 Å². The monoisotopic (exact) mass is 481 g/mol. The first-order valence-electron chi connectivity index (χ1n) is 12.3. The van der Waals surface area contributed by atoms with Crippen molar-refractivity contribution in [3.05, 3.63) is 78.0 Å². The van der Waals surface area contributed by atoms with Gasteiger partial charge in [-0.3, -0.25) is 4.79 Å². The molecule has 0 amide bonds. The molecule has 2 heterocycles. The quantitative estimate of drug-likeness (QED) is 0.287. The zero-order chi connectivity index (χ0) is 24.7. The number of pyridine rings is 1. The van der Waals surface area contributed by atoms with Crippen molar-refractivity contribution in [1.29, 1.82) is 0 Å². The maximum Gasteiger partial charge on any atom is 0.314 e. The largest absolute Gasteiger partial charge is 0.481 e. The minimum Gasteiger partial charge on any atom is -0.481 e. The van der Waals surface area contributed by atoms with E-state index in [0.717, 1.165) is 33.6 Å². The molecular weight excluding hydrogens is 454 g/mol. The fraction of sp³-hybridized carbons (Fsp3) is 0.276. The van der Waals surface area contributed by atoms with Crippen molar-refractivity contribution >= 4 is 17.5 Å². The normalized spacial score (nSPS) is 15.9. The molecule has 0 bridgehead atoms. The van der Waals surface area contributed by atoms with Crippen molar-refractivity contribution in [3.8, 4) is 28.3 Å². The Kier molecular flexibility index (Phi) is 5.48. The molecule has 0 aliphatic heterocycles. The molecule has 2 fully saturated rings. The average Bonchev–Trinajstić information content (AvgIpc) is 3.83. The fourth-order valence-corrected chi connectivity index (χ4v) is 4.44. The van der Waals surface area contributed by atoms with Gasteiger partial charge in [0.1, 0.15) is 17.2 Å². The van der Waals surface area contributed by atoms with Crippen LogP contribution >= 0.6 is 0 Å². The second-order valence-electron chi connectivity index (χ2n) is 9.75. The Labute approximate surface area is 209 Å². The Bertz CT molecular complexity index is 1400. The lowest BCUT2D eigenvalue weighted by atomic mass is 9.93. The van der Waals surface area contributed by atoms with Crippen molar-refractivity contribution < 1.29 is 19.2 Å². The summed E-state index contributed by atoms with van der Waals surface area (Å²) in [6.07, 6.45) is 3.88. The first-order valence-corrected chi connectivity index (χ1v) is 12.3. The molecule has 182 valence electrons. The topological polar surface area (TPSA) is 97.5 Å². The molecule has 2 aromatic carbocycles. The van der Waals surface area contributed by atoms with Gasteiger partial charge in [-0.15, -0.1) is 0 Å². The fourth-order valence-electron chi connectivity index (χ4n) is 4.44. The third kappa shape index (κ3) is 4.33. The molecule has 6 rings (SSSR count). The maximum atomic E-state index is 11.6. The molecule has 4 aromatic rings. The van der Waals surface area contributed by atoms with Gasteiger partial charge in [-0.05, 0) is 61.3 Å². The SMILES string of the molecule is Cc1noc(-c2ccc(-c3ccc(C4(C(=O)O)CC4)cc3)cc2)c1Nc1cccc(OCC2CC2)n1. The predicted molar refractivity (Wildman–Crippen MR) is 136 cm³/mol. The highest BCUT2D eigenvalue weighted by Gasteiger charge is 2.51. The van der Waals surface area contributed by atoms with Crippen LogP contribution in [0.5, 0.6) is 5.88 Å². The molecule has 0 atom stereocenters. The number of aromatic nitrogens is 2. The number of ether oxygens (including phenoxy) is 1. The smallest absolute Gasteiger partial charge is 0.314 e. The van der Waals surface area contributed by atoms with Gasteiger partial charge in [-0.2, -0.15) is 4.98 Å². The summed E-state index contributed by atoms with van der Waals surface area (Å²) >= 11 is 0. The first-order chi connectivity index (χ1) is 17.5. The van der Waals surface area contributed by atoms with Crippen LogP contribution in [0.2, 0.25) is 0 Å². The molecule has 0 unspecified atom stereocenters. The van der Waals surface area contributed by atoms with Crippen LogP contribution in [-0.4, -0.2) is 27.8 Å². The van der Waals surface area contributed by atoms with Crippen LogP contribution < -0.4 is 10.1 Å². The summed E-state index contributed by atoms with van der Waals surface area (Å²) in [5.41, 5.74) is 4.66. The van der Waals surface area contributed by atoms with Crippen LogP contribution in [0.4, 0.5) is 11.5 Å². The molecule has 7 heteroatoms. The molecule has 36 heavy (non-hydrogen) atoms. The van der Waals surface area contributed by atoms with Crippen LogP contribution in [0.25, 0.3) is 22.5 Å². The van der Waals surface area contributed by atoms with Gasteiger partial charge in [-0.1, -0.05) is 59.8 Å². The van der Waals surface area contributed by atoms with Crippen molar-refractivity contribution in [2.24, 2.45) is 5.92 Å². The van der Waals surface area contributed by atoms with Gasteiger partial charge < -0.3 is 19.7 Å². The lowest BCUT2D eigenvalue weighted by Crippen LogP contribution is -2.19. The summed E-state index contributed by atoms with van der Waals surface area (Å²) in [7, 11) is 0. The Morgan fingerprint density at radius 2 is 1.69 bits per heavy atom. The summed E-state index contributed by atoms with van der Waals surface area (Å²) in [6, 6.07) is 21.6. The van der Waals surface area contributed by atoms with Gasteiger partial charge >= 0.3 is 5.97 Å². The molecule has 2 aliphatic rings. The summed E-state index contributed by atoms with van der Waals surface area (Å²) < 4.78 is 11.5. The number of aliphatic carboxylic acids is 1. The van der Waals surface area contributed by atoms with Crippen LogP contribution in [-0.2, 0) is 10.2 Å². The van der Waals surface area contributed by atoms with E-state index in [-0.39, 0.29) is 0 Å². The van der Waals surface area contributed by atoms with Crippen molar-refractivity contribution in [1.82, 2.24) is 10.1 Å². The number of benzene rings is 2. The van der Waals surface area contributed by atoms with Crippen LogP contribution in [0, 0.1) is 12.8 Å². The van der Waals surface area contributed by atoms with Gasteiger partial charge in [-0.25, -0.2) is 0 Å². The molecule has 0 spiro atoms. The van der Waals surface area contributed by atoms with E-state index >= 15 is 0 Å². The summed E-state index contributed by atoms with van der Waals surface area (Å²) in [4.78, 5) is 16.2. The van der Waals surface area contributed by atoms with Gasteiger partial charge in [0.25, 0.3) is 0 Å². The van der Waals surface area contributed by atoms with E-state index in [1.807, 2.05) is 73.7 Å². The third-order valence-electron chi connectivity index (χ3n) is 7.08. The third-order valence-corrected chi connectivity index (χ3v) is 7.08. The Morgan fingerprint density at radius 3 is 2.33 bits per heavy atom. The first kappa shape index (κ1) is 22.3. The number of nitrogens with zero attached hydrogens (tertiary/aromatic N) is 2. The van der Waals surface area contributed by atoms with Gasteiger partial charge in [0.05, 0.1) is 12.0 Å². The van der Waals surface area contributed by atoms with E-state index in [1.54, 1.807) is 0 Å². The molecule has 7 nitrogen and oxygen atoms in total. The van der Waals surface area contributed by atoms with Crippen LogP contribution in [0.1, 0.15) is 36.9 Å². The number of anilines is 2. The Hall–Kier alpha value is -4.13. The predicted octanol–water partition coefficient (Wildman–Crippen LogP) is 6.36. The Balaban J connectivity index is 1.20. The minimum atomic E-state index is -0.737. The molecule has 2 aromatic heterocycles. The number of hydrogen-bond acceptors (Lipinski definition) is 6. The number of carbonyl (C=O) groups is 1. The van der Waals surface area contributed by atoms with E-state index in [9.17, 15) is 9.90 Å². The van der Waals surface area contributed by atoms with Gasteiger partial charge in [0.2, 0.25) is 5.88 Å². The molecule has 0 radical (unpaired) electrons. The number of carboxylic acids is 1. The molecule has 2 saturated carbocycles. The number of nitrogens with one attached hydrogen (secondary N) is 1. The van der Waals surface area contributed by atoms with E-state index in [1.165, 1.54) is 12.8 Å². The molecule has 0 saturated heterocycles. The van der Waals surface area contributed by atoms with Crippen LogP contribution in [0.3, 0.4) is 0 Å². The second kappa shape index (κ2) is 8.82. The van der Waals surface area contributed by atoms with Crippen molar-refractivity contribution in [3.63, 3.8) is 0 Å². The zero-order valence-corrected chi connectivity index (χ0v) is 20.0. The Morgan fingerprint density at radius 1 is 1.03 bits per heavy atom. The summed E-state index contributed by atoms with van der Waals surface area (Å²) in [5, 5.41) is 17.0. The van der Waals surface area contributed by atoms with E-state index < -0.39 is 11.4 Å². The highest BCUT2D eigenvalue weighted by molar-refractivity contribution is 5.85. The van der Waals surface area contributed by atoms with Crippen molar-refractivity contribution in [2.45, 2.75) is 38.0 Å². The highest BCUT2D eigenvalue weighted by Crippen LogP contribution is 2.48. The lowest BCUT2D eigenvalue weighted by molar-refractivity contribution is -0.140. The summed E-state index contributed by atoms with van der Waals surface area (Å²) in [6.45, 7) is 2.60. The standard InChI is InChI=1S/C29H27N3O4/c1-18-26(31-24-3-2-4-25(30-24)35-17-19-5-6-19)27(36-32-18)22-9-7-20(8-10-22)21-11-13-23(14-12-21)29(15-16-29)28(33)34/h2-4,7-14,19H,5-6,15-17H2,1H3,(H,30,31)(H,33,34). The minimum absolute atomic E-state index is 0.605. The van der Waals surface area contributed by atoms with Crippen molar-refractivity contribution in [2.75, 3.05) is 11.9 Å². The summed E-state index contributed by atoms with van der Waals surface area (Å²) in [5.74, 6) is 1.84. The number of rotatable bonds is 9. The number of aryl methyl sites for hydroxylation is 1. The number of hydrogen-bond donors (Lipinski definition) is 2. The number of carboxylic acid groups (broad SMARTS) is 1. The molecule has 2 N–H and O–H groups in total. The lowest BCUT2D eigenvalue weighted by Gasteiger charge is -2.11. The maximum absolute atomic E-state index is 11.6. The van der Waals surface area contributed by atoms with E-state index in [4.69, 9.17) is 9.26 Å². The molecular formula is C29H27N3O4. The highest BCUT2D eigenvalue weighted by atomic mass is 16.5. The molecule has 2 aliphatic carbocycles. The van der Waals surface area contributed by atoms with Gasteiger partial charge in [0, 0.05) is 11.6 Å². The zero-order valence-electron chi connectivity index (χ0n) is 20.0.